The molecule has 0 aliphatic carbocycles. The van der Waals surface area contributed by atoms with Crippen LogP contribution in [0, 0.1) is 0 Å². The summed E-state index contributed by atoms with van der Waals surface area (Å²) < 4.78 is 42.7. The van der Waals surface area contributed by atoms with E-state index in [1.54, 1.807) is 12.1 Å². The van der Waals surface area contributed by atoms with Gasteiger partial charge in [-0.05, 0) is 37.5 Å². The van der Waals surface area contributed by atoms with Crippen molar-refractivity contribution in [3.05, 3.63) is 35.4 Å². The fraction of sp³-hybridized carbons (Fsp3) is 0.571. The van der Waals surface area contributed by atoms with Crippen molar-refractivity contribution >= 4 is 0 Å². The molecule has 5 heteroatoms. The lowest BCUT2D eigenvalue weighted by Gasteiger charge is -2.29. The lowest BCUT2D eigenvalue weighted by molar-refractivity contribution is -0.137. The Hall–Kier alpha value is -1.07. The van der Waals surface area contributed by atoms with Gasteiger partial charge in [-0.1, -0.05) is 12.1 Å². The second kappa shape index (κ2) is 5.92. The molecule has 0 spiro atoms. The van der Waals surface area contributed by atoms with Gasteiger partial charge in [0, 0.05) is 12.1 Å². The topological polar surface area (TPSA) is 21.3 Å². The first-order chi connectivity index (χ1) is 8.95. The Bertz CT molecular complexity index is 402. The van der Waals surface area contributed by atoms with Gasteiger partial charge in [0.25, 0.3) is 0 Å². The summed E-state index contributed by atoms with van der Waals surface area (Å²) in [5.74, 6) is 0. The smallest absolute Gasteiger partial charge is 0.378 e. The first kappa shape index (κ1) is 14.3. The lowest BCUT2D eigenvalue weighted by atomic mass is 10.0. The predicted octanol–water partition coefficient (Wildman–Crippen LogP) is 3.01. The van der Waals surface area contributed by atoms with Gasteiger partial charge in [0.2, 0.25) is 0 Å². The second-order valence-electron chi connectivity index (χ2n) is 5.04. The molecular weight excluding hydrogens is 255 g/mol. The van der Waals surface area contributed by atoms with Crippen LogP contribution in [0.15, 0.2) is 24.3 Å². The maximum absolute atomic E-state index is 12.4. The van der Waals surface area contributed by atoms with E-state index in [4.69, 9.17) is 4.74 Å². The fourth-order valence-electron chi connectivity index (χ4n) is 2.25. The van der Waals surface area contributed by atoms with E-state index in [0.29, 0.717) is 12.6 Å². The standard InChI is InChI=1S/C14H18F3NO/c1-10-8-19-9-13(18-10)7-4-11-2-5-12(6-3-11)14(15,16)17/h2-3,5-6,10,13,18H,4,7-9H2,1H3. The van der Waals surface area contributed by atoms with E-state index >= 15 is 0 Å². The first-order valence-corrected chi connectivity index (χ1v) is 6.45. The molecular formula is C14H18F3NO. The molecule has 2 unspecified atom stereocenters. The summed E-state index contributed by atoms with van der Waals surface area (Å²) in [6.45, 7) is 3.45. The summed E-state index contributed by atoms with van der Waals surface area (Å²) in [5.41, 5.74) is 0.331. The Morgan fingerprint density at radius 2 is 1.89 bits per heavy atom. The molecule has 1 aromatic rings. The highest BCUT2D eigenvalue weighted by Gasteiger charge is 2.29. The molecule has 0 saturated carbocycles. The number of nitrogens with one attached hydrogen (secondary N) is 1. The molecule has 1 N–H and O–H groups in total. The van der Waals surface area contributed by atoms with E-state index in [2.05, 4.69) is 12.2 Å². The summed E-state index contributed by atoms with van der Waals surface area (Å²) in [4.78, 5) is 0. The third kappa shape index (κ3) is 4.21. The van der Waals surface area contributed by atoms with Crippen LogP contribution in [0.2, 0.25) is 0 Å². The zero-order valence-electron chi connectivity index (χ0n) is 10.8. The molecule has 2 rings (SSSR count). The number of morpholine rings is 1. The summed E-state index contributed by atoms with van der Waals surface area (Å²) >= 11 is 0. The van der Waals surface area contributed by atoms with Gasteiger partial charge < -0.3 is 10.1 Å². The molecule has 2 nitrogen and oxygen atoms in total. The summed E-state index contributed by atoms with van der Waals surface area (Å²) in [7, 11) is 0. The highest BCUT2D eigenvalue weighted by Crippen LogP contribution is 2.29. The van der Waals surface area contributed by atoms with Crippen molar-refractivity contribution in [2.75, 3.05) is 13.2 Å². The maximum Gasteiger partial charge on any atom is 0.416 e. The molecule has 2 atom stereocenters. The minimum atomic E-state index is -4.26. The number of alkyl halides is 3. The molecule has 0 aromatic heterocycles. The van der Waals surface area contributed by atoms with Crippen LogP contribution in [0.4, 0.5) is 13.2 Å². The summed E-state index contributed by atoms with van der Waals surface area (Å²) in [6, 6.07) is 6.01. The van der Waals surface area contributed by atoms with Crippen LogP contribution in [0.1, 0.15) is 24.5 Å². The van der Waals surface area contributed by atoms with Crippen molar-refractivity contribution < 1.29 is 17.9 Å². The minimum Gasteiger partial charge on any atom is -0.378 e. The van der Waals surface area contributed by atoms with Crippen LogP contribution in [0.25, 0.3) is 0 Å². The minimum absolute atomic E-state index is 0.283. The average molecular weight is 273 g/mol. The third-order valence-corrected chi connectivity index (χ3v) is 3.27. The van der Waals surface area contributed by atoms with Crippen molar-refractivity contribution in [3.63, 3.8) is 0 Å². The highest BCUT2D eigenvalue weighted by molar-refractivity contribution is 5.24. The van der Waals surface area contributed by atoms with E-state index < -0.39 is 11.7 Å². The van der Waals surface area contributed by atoms with E-state index in [1.807, 2.05) is 0 Å². The van der Waals surface area contributed by atoms with Gasteiger partial charge in [-0.2, -0.15) is 13.2 Å². The third-order valence-electron chi connectivity index (χ3n) is 3.27. The quantitative estimate of drug-likeness (QED) is 0.914. The lowest BCUT2D eigenvalue weighted by Crippen LogP contribution is -2.47. The van der Waals surface area contributed by atoms with Gasteiger partial charge >= 0.3 is 6.18 Å². The van der Waals surface area contributed by atoms with Crippen LogP contribution in [0.3, 0.4) is 0 Å². The van der Waals surface area contributed by atoms with Crippen LogP contribution in [-0.4, -0.2) is 25.3 Å². The molecule has 1 aliphatic heterocycles. The van der Waals surface area contributed by atoms with Gasteiger partial charge in [-0.25, -0.2) is 0 Å². The Labute approximate surface area is 111 Å². The molecule has 1 heterocycles. The van der Waals surface area contributed by atoms with E-state index in [1.165, 1.54) is 0 Å². The van der Waals surface area contributed by atoms with Gasteiger partial charge in [0.05, 0.1) is 18.8 Å². The highest BCUT2D eigenvalue weighted by atomic mass is 19.4. The molecule has 1 fully saturated rings. The predicted molar refractivity (Wildman–Crippen MR) is 67.0 cm³/mol. The maximum atomic E-state index is 12.4. The van der Waals surface area contributed by atoms with Crippen molar-refractivity contribution in [1.29, 1.82) is 0 Å². The normalized spacial score (nSPS) is 24.4. The molecule has 0 radical (unpaired) electrons. The Morgan fingerprint density at radius 3 is 2.47 bits per heavy atom. The number of aryl methyl sites for hydroxylation is 1. The number of rotatable bonds is 3. The van der Waals surface area contributed by atoms with Gasteiger partial charge in [0.1, 0.15) is 0 Å². The van der Waals surface area contributed by atoms with Crippen LogP contribution < -0.4 is 5.32 Å². The van der Waals surface area contributed by atoms with E-state index in [0.717, 1.165) is 37.1 Å². The largest absolute Gasteiger partial charge is 0.416 e. The van der Waals surface area contributed by atoms with Gasteiger partial charge in [-0.3, -0.25) is 0 Å². The molecule has 1 saturated heterocycles. The van der Waals surface area contributed by atoms with E-state index in [9.17, 15) is 13.2 Å². The zero-order valence-corrected chi connectivity index (χ0v) is 10.8. The summed E-state index contributed by atoms with van der Waals surface area (Å²) in [5, 5.41) is 3.42. The van der Waals surface area contributed by atoms with Gasteiger partial charge in [0.15, 0.2) is 0 Å². The monoisotopic (exact) mass is 273 g/mol. The molecule has 19 heavy (non-hydrogen) atoms. The number of ether oxygens (including phenoxy) is 1. The van der Waals surface area contributed by atoms with Crippen molar-refractivity contribution in [2.45, 2.75) is 38.0 Å². The molecule has 0 amide bonds. The Kier molecular flexibility index (Phi) is 4.47. The van der Waals surface area contributed by atoms with Crippen LogP contribution in [0.5, 0.6) is 0 Å². The van der Waals surface area contributed by atoms with Crippen LogP contribution >= 0.6 is 0 Å². The van der Waals surface area contributed by atoms with Crippen molar-refractivity contribution in [2.24, 2.45) is 0 Å². The molecule has 106 valence electrons. The number of halogens is 3. The molecule has 0 bridgehead atoms. The SMILES string of the molecule is CC1COCC(CCc2ccc(C(F)(F)F)cc2)N1. The second-order valence-corrected chi connectivity index (χ2v) is 5.04. The van der Waals surface area contributed by atoms with Crippen LogP contribution in [-0.2, 0) is 17.3 Å². The Balaban J connectivity index is 1.86. The van der Waals surface area contributed by atoms with Crippen molar-refractivity contribution in [1.82, 2.24) is 5.32 Å². The Morgan fingerprint density at radius 1 is 1.21 bits per heavy atom. The number of benzene rings is 1. The summed E-state index contributed by atoms with van der Waals surface area (Å²) in [6.07, 6.45) is -2.63. The molecule has 1 aliphatic rings. The van der Waals surface area contributed by atoms with E-state index in [-0.39, 0.29) is 6.04 Å². The average Bonchev–Trinajstić information content (AvgIpc) is 2.36. The first-order valence-electron chi connectivity index (χ1n) is 6.45. The zero-order chi connectivity index (χ0) is 13.9. The number of hydrogen-bond acceptors (Lipinski definition) is 2. The number of hydrogen-bond donors (Lipinski definition) is 1. The van der Waals surface area contributed by atoms with Crippen molar-refractivity contribution in [3.8, 4) is 0 Å². The van der Waals surface area contributed by atoms with Gasteiger partial charge in [-0.15, -0.1) is 0 Å². The fourth-order valence-corrected chi connectivity index (χ4v) is 2.25. The molecule has 1 aromatic carbocycles.